The van der Waals surface area contributed by atoms with E-state index >= 15 is 0 Å². The SMILES string of the molecule is CCC(N)=NCc1cn[nH]c1C. The molecule has 4 nitrogen and oxygen atoms in total. The predicted molar refractivity (Wildman–Crippen MR) is 48.9 cm³/mol. The first-order chi connectivity index (χ1) is 5.74. The number of aryl methyl sites for hydroxylation is 1. The van der Waals surface area contributed by atoms with Gasteiger partial charge in [0.25, 0.3) is 0 Å². The molecular formula is C8H14N4. The Kier molecular flexibility index (Phi) is 2.85. The molecule has 0 saturated carbocycles. The van der Waals surface area contributed by atoms with Crippen molar-refractivity contribution >= 4 is 5.84 Å². The van der Waals surface area contributed by atoms with E-state index in [4.69, 9.17) is 5.73 Å². The zero-order chi connectivity index (χ0) is 8.97. The van der Waals surface area contributed by atoms with Gasteiger partial charge >= 0.3 is 0 Å². The maximum absolute atomic E-state index is 5.56. The van der Waals surface area contributed by atoms with Gasteiger partial charge in [-0.3, -0.25) is 10.1 Å². The zero-order valence-electron chi connectivity index (χ0n) is 7.46. The number of aliphatic imine (C=N–C) groups is 1. The van der Waals surface area contributed by atoms with Crippen molar-refractivity contribution in [3.63, 3.8) is 0 Å². The molecule has 0 radical (unpaired) electrons. The average molecular weight is 166 g/mol. The molecular weight excluding hydrogens is 152 g/mol. The van der Waals surface area contributed by atoms with Crippen LogP contribution < -0.4 is 5.73 Å². The van der Waals surface area contributed by atoms with Crippen LogP contribution in [0.4, 0.5) is 0 Å². The van der Waals surface area contributed by atoms with E-state index in [1.165, 1.54) is 0 Å². The van der Waals surface area contributed by atoms with Gasteiger partial charge in [0, 0.05) is 17.7 Å². The molecule has 0 unspecified atom stereocenters. The Balaban J connectivity index is 2.59. The van der Waals surface area contributed by atoms with Crippen molar-refractivity contribution in [2.45, 2.75) is 26.8 Å². The van der Waals surface area contributed by atoms with Gasteiger partial charge in [-0.1, -0.05) is 6.92 Å². The summed E-state index contributed by atoms with van der Waals surface area (Å²) < 4.78 is 0. The minimum atomic E-state index is 0.627. The Morgan fingerprint density at radius 2 is 2.50 bits per heavy atom. The van der Waals surface area contributed by atoms with Crippen LogP contribution in [0.2, 0.25) is 0 Å². The Labute approximate surface area is 71.9 Å². The Hall–Kier alpha value is -1.32. The molecule has 1 rings (SSSR count). The molecule has 0 aromatic carbocycles. The van der Waals surface area contributed by atoms with Gasteiger partial charge in [0.05, 0.1) is 18.6 Å². The van der Waals surface area contributed by atoms with Crippen LogP contribution >= 0.6 is 0 Å². The van der Waals surface area contributed by atoms with E-state index in [1.807, 2.05) is 13.8 Å². The molecule has 0 fully saturated rings. The van der Waals surface area contributed by atoms with Gasteiger partial charge in [0.1, 0.15) is 0 Å². The lowest BCUT2D eigenvalue weighted by Crippen LogP contribution is -2.09. The molecule has 1 heterocycles. The summed E-state index contributed by atoms with van der Waals surface area (Å²) in [6, 6.07) is 0. The summed E-state index contributed by atoms with van der Waals surface area (Å²) in [6.45, 7) is 4.59. The van der Waals surface area contributed by atoms with Crippen LogP contribution in [0.1, 0.15) is 24.6 Å². The molecule has 66 valence electrons. The quantitative estimate of drug-likeness (QED) is 0.519. The monoisotopic (exact) mass is 166 g/mol. The van der Waals surface area contributed by atoms with Crippen LogP contribution in [0.15, 0.2) is 11.2 Å². The summed E-state index contributed by atoms with van der Waals surface area (Å²) in [5.41, 5.74) is 7.72. The summed E-state index contributed by atoms with van der Waals surface area (Å²) in [6.07, 6.45) is 2.58. The smallest absolute Gasteiger partial charge is 0.0938 e. The van der Waals surface area contributed by atoms with Crippen molar-refractivity contribution in [3.8, 4) is 0 Å². The molecule has 0 aliphatic rings. The molecule has 0 spiro atoms. The van der Waals surface area contributed by atoms with E-state index in [0.717, 1.165) is 17.7 Å². The van der Waals surface area contributed by atoms with Crippen LogP contribution in [-0.2, 0) is 6.54 Å². The van der Waals surface area contributed by atoms with Crippen molar-refractivity contribution in [1.29, 1.82) is 0 Å². The number of nitrogens with one attached hydrogen (secondary N) is 1. The summed E-state index contributed by atoms with van der Waals surface area (Å²) in [5, 5.41) is 6.74. The topological polar surface area (TPSA) is 67.1 Å². The molecule has 0 aliphatic carbocycles. The van der Waals surface area contributed by atoms with Gasteiger partial charge in [0.2, 0.25) is 0 Å². The number of aromatic amines is 1. The Morgan fingerprint density at radius 1 is 1.75 bits per heavy atom. The minimum Gasteiger partial charge on any atom is -0.387 e. The summed E-state index contributed by atoms with van der Waals surface area (Å²) in [7, 11) is 0. The number of amidine groups is 1. The van der Waals surface area contributed by atoms with Gasteiger partial charge in [-0.05, 0) is 6.92 Å². The fourth-order valence-corrected chi connectivity index (χ4v) is 0.834. The maximum Gasteiger partial charge on any atom is 0.0938 e. The maximum atomic E-state index is 5.56. The minimum absolute atomic E-state index is 0.627. The van der Waals surface area contributed by atoms with Gasteiger partial charge in [-0.15, -0.1) is 0 Å². The fourth-order valence-electron chi connectivity index (χ4n) is 0.834. The molecule has 12 heavy (non-hydrogen) atoms. The van der Waals surface area contributed by atoms with E-state index in [1.54, 1.807) is 6.20 Å². The fraction of sp³-hybridized carbons (Fsp3) is 0.500. The van der Waals surface area contributed by atoms with Crippen molar-refractivity contribution in [2.75, 3.05) is 0 Å². The van der Waals surface area contributed by atoms with Crippen molar-refractivity contribution in [3.05, 3.63) is 17.5 Å². The van der Waals surface area contributed by atoms with E-state index in [-0.39, 0.29) is 0 Å². The first-order valence-corrected chi connectivity index (χ1v) is 4.01. The third-order valence-electron chi connectivity index (χ3n) is 1.75. The molecule has 0 amide bonds. The summed E-state index contributed by atoms with van der Waals surface area (Å²) >= 11 is 0. The lowest BCUT2D eigenvalue weighted by Gasteiger charge is -1.95. The lowest BCUT2D eigenvalue weighted by atomic mass is 10.3. The second kappa shape index (κ2) is 3.90. The number of aromatic nitrogens is 2. The Morgan fingerprint density at radius 3 is 3.00 bits per heavy atom. The predicted octanol–water partition coefficient (Wildman–Crippen LogP) is 0.985. The van der Waals surface area contributed by atoms with E-state index in [2.05, 4.69) is 15.2 Å². The highest BCUT2D eigenvalue weighted by molar-refractivity contribution is 5.79. The number of hydrogen-bond donors (Lipinski definition) is 2. The molecule has 0 atom stereocenters. The molecule has 4 heteroatoms. The van der Waals surface area contributed by atoms with Gasteiger partial charge < -0.3 is 5.73 Å². The molecule has 1 aromatic heterocycles. The Bertz CT molecular complexity index is 274. The highest BCUT2D eigenvalue weighted by Gasteiger charge is 1.97. The van der Waals surface area contributed by atoms with Crippen LogP contribution in [0.3, 0.4) is 0 Å². The third kappa shape index (κ3) is 2.08. The highest BCUT2D eigenvalue weighted by Crippen LogP contribution is 2.03. The first-order valence-electron chi connectivity index (χ1n) is 4.01. The second-order valence-electron chi connectivity index (χ2n) is 2.68. The number of nitrogens with two attached hydrogens (primary N) is 1. The van der Waals surface area contributed by atoms with E-state index < -0.39 is 0 Å². The second-order valence-corrected chi connectivity index (χ2v) is 2.68. The number of hydrogen-bond acceptors (Lipinski definition) is 2. The lowest BCUT2D eigenvalue weighted by molar-refractivity contribution is 1.01. The van der Waals surface area contributed by atoms with Gasteiger partial charge in [-0.2, -0.15) is 5.10 Å². The van der Waals surface area contributed by atoms with Crippen LogP contribution in [-0.4, -0.2) is 16.0 Å². The number of nitrogens with zero attached hydrogens (tertiary/aromatic N) is 2. The van der Waals surface area contributed by atoms with Crippen molar-refractivity contribution in [1.82, 2.24) is 10.2 Å². The molecule has 0 aliphatic heterocycles. The molecule has 0 bridgehead atoms. The van der Waals surface area contributed by atoms with Crippen LogP contribution in [0, 0.1) is 6.92 Å². The van der Waals surface area contributed by atoms with E-state index in [9.17, 15) is 0 Å². The summed E-state index contributed by atoms with van der Waals surface area (Å²) in [4.78, 5) is 4.18. The standard InChI is InChI=1S/C8H14N4/c1-3-8(9)10-4-7-5-11-12-6(7)2/h5H,3-4H2,1-2H3,(H2,9,10)(H,11,12). The van der Waals surface area contributed by atoms with Gasteiger partial charge in [-0.25, -0.2) is 0 Å². The first kappa shape index (κ1) is 8.77. The zero-order valence-corrected chi connectivity index (χ0v) is 7.46. The average Bonchev–Trinajstić information content (AvgIpc) is 2.47. The number of H-pyrrole nitrogens is 1. The van der Waals surface area contributed by atoms with Crippen molar-refractivity contribution in [2.24, 2.45) is 10.7 Å². The molecule has 0 saturated heterocycles. The molecule has 3 N–H and O–H groups in total. The highest BCUT2D eigenvalue weighted by atomic mass is 15.1. The largest absolute Gasteiger partial charge is 0.387 e. The van der Waals surface area contributed by atoms with Crippen LogP contribution in [0.5, 0.6) is 0 Å². The number of rotatable bonds is 3. The van der Waals surface area contributed by atoms with Crippen molar-refractivity contribution < 1.29 is 0 Å². The third-order valence-corrected chi connectivity index (χ3v) is 1.75. The van der Waals surface area contributed by atoms with Gasteiger partial charge in [0.15, 0.2) is 0 Å². The summed E-state index contributed by atoms with van der Waals surface area (Å²) in [5.74, 6) is 0.690. The normalized spacial score (nSPS) is 12.0. The van der Waals surface area contributed by atoms with Crippen LogP contribution in [0.25, 0.3) is 0 Å². The van der Waals surface area contributed by atoms with E-state index in [0.29, 0.717) is 12.4 Å². The molecule has 1 aromatic rings.